The highest BCUT2D eigenvalue weighted by atomic mass is 35.5. The summed E-state index contributed by atoms with van der Waals surface area (Å²) in [6.45, 7) is 0. The average molecular weight is 173 g/mol. The number of rotatable bonds is 1. The molecule has 1 aromatic heterocycles. The third kappa shape index (κ3) is 1.30. The van der Waals surface area contributed by atoms with Crippen molar-refractivity contribution in [2.75, 3.05) is 0 Å². The maximum Gasteiger partial charge on any atom is 0.285 e. The number of carbonyl (C=O) groups excluding carboxylic acids is 1. The average Bonchev–Trinajstić information content (AvgIpc) is 2.01. The monoisotopic (exact) mass is 172 g/mol. The van der Waals surface area contributed by atoms with E-state index in [1.54, 1.807) is 0 Å². The summed E-state index contributed by atoms with van der Waals surface area (Å²) in [5.41, 5.74) is -0.342. The third-order valence-corrected chi connectivity index (χ3v) is 1.61. The molecular weight excluding hydrogens is 168 g/mol. The van der Waals surface area contributed by atoms with Crippen LogP contribution < -0.4 is 5.56 Å². The van der Waals surface area contributed by atoms with Gasteiger partial charge in [-0.1, -0.05) is 11.6 Å². The van der Waals surface area contributed by atoms with Gasteiger partial charge in [-0.3, -0.25) is 9.59 Å². The predicted molar refractivity (Wildman–Crippen MR) is 39.9 cm³/mol. The normalized spacial score (nSPS) is 9.64. The minimum absolute atomic E-state index is 0.0856. The van der Waals surface area contributed by atoms with E-state index in [0.29, 0.717) is 6.29 Å². The molecule has 0 unspecified atom stereocenters. The van der Waals surface area contributed by atoms with Crippen molar-refractivity contribution in [2.45, 2.75) is 0 Å². The molecule has 5 heteroatoms. The molecule has 0 radical (unpaired) electrons. The van der Waals surface area contributed by atoms with E-state index in [9.17, 15) is 9.59 Å². The Hall–Kier alpha value is -1.16. The summed E-state index contributed by atoms with van der Waals surface area (Å²) in [6.07, 6.45) is 1.74. The Morgan fingerprint density at radius 1 is 1.73 bits per heavy atom. The van der Waals surface area contributed by atoms with Crippen LogP contribution in [0.5, 0.6) is 0 Å². The minimum Gasteiger partial charge on any atom is -0.298 e. The van der Waals surface area contributed by atoms with E-state index < -0.39 is 5.56 Å². The van der Waals surface area contributed by atoms with Gasteiger partial charge in [0.1, 0.15) is 5.02 Å². The SMILES string of the molecule is Cn1ncc(C=O)c(Cl)c1=O. The van der Waals surface area contributed by atoms with Gasteiger partial charge in [0.2, 0.25) is 0 Å². The van der Waals surface area contributed by atoms with E-state index in [0.717, 1.165) is 4.68 Å². The fraction of sp³-hybridized carbons (Fsp3) is 0.167. The molecule has 0 amide bonds. The predicted octanol–water partition coefficient (Wildman–Crippen LogP) is 0.246. The van der Waals surface area contributed by atoms with E-state index in [1.165, 1.54) is 13.2 Å². The smallest absolute Gasteiger partial charge is 0.285 e. The largest absolute Gasteiger partial charge is 0.298 e. The first-order chi connectivity index (χ1) is 5.16. The molecule has 0 saturated heterocycles. The molecule has 0 N–H and O–H groups in total. The first-order valence-electron chi connectivity index (χ1n) is 2.84. The Bertz CT molecular complexity index is 345. The van der Waals surface area contributed by atoms with Crippen LogP contribution in [0.4, 0.5) is 0 Å². The van der Waals surface area contributed by atoms with Crippen LogP contribution in [-0.2, 0) is 7.05 Å². The number of nitrogens with zero attached hydrogens (tertiary/aromatic N) is 2. The summed E-state index contributed by atoms with van der Waals surface area (Å²) in [6, 6.07) is 0. The third-order valence-electron chi connectivity index (χ3n) is 1.23. The number of halogens is 1. The van der Waals surface area contributed by atoms with Crippen LogP contribution in [0.1, 0.15) is 10.4 Å². The fourth-order valence-corrected chi connectivity index (χ4v) is 0.821. The van der Waals surface area contributed by atoms with Gasteiger partial charge in [0.25, 0.3) is 5.56 Å². The second kappa shape index (κ2) is 2.84. The molecule has 0 aliphatic carbocycles. The van der Waals surface area contributed by atoms with E-state index in [4.69, 9.17) is 11.6 Å². The number of aryl methyl sites for hydroxylation is 1. The fourth-order valence-electron chi connectivity index (χ4n) is 0.606. The van der Waals surface area contributed by atoms with Crippen molar-refractivity contribution in [3.8, 4) is 0 Å². The highest BCUT2D eigenvalue weighted by molar-refractivity contribution is 6.32. The quantitative estimate of drug-likeness (QED) is 0.571. The molecule has 0 bridgehead atoms. The number of aromatic nitrogens is 2. The van der Waals surface area contributed by atoms with Crippen molar-refractivity contribution in [1.82, 2.24) is 9.78 Å². The van der Waals surface area contributed by atoms with Crippen molar-refractivity contribution in [3.63, 3.8) is 0 Å². The molecule has 0 aliphatic rings. The van der Waals surface area contributed by atoms with Crippen LogP contribution in [-0.4, -0.2) is 16.1 Å². The van der Waals surface area contributed by atoms with E-state index >= 15 is 0 Å². The maximum absolute atomic E-state index is 11.0. The highest BCUT2D eigenvalue weighted by Crippen LogP contribution is 2.04. The number of hydrogen-bond donors (Lipinski definition) is 0. The molecule has 0 fully saturated rings. The molecular formula is C6H5ClN2O2. The lowest BCUT2D eigenvalue weighted by atomic mass is 10.3. The van der Waals surface area contributed by atoms with Gasteiger partial charge in [-0.25, -0.2) is 4.68 Å². The first kappa shape index (κ1) is 7.94. The Balaban J connectivity index is 3.49. The molecule has 0 spiro atoms. The van der Waals surface area contributed by atoms with Crippen LogP contribution >= 0.6 is 11.6 Å². The van der Waals surface area contributed by atoms with Gasteiger partial charge in [0, 0.05) is 7.05 Å². The topological polar surface area (TPSA) is 52.0 Å². The molecule has 4 nitrogen and oxygen atoms in total. The van der Waals surface area contributed by atoms with Crippen LogP contribution in [0, 0.1) is 0 Å². The van der Waals surface area contributed by atoms with Gasteiger partial charge >= 0.3 is 0 Å². The summed E-state index contributed by atoms with van der Waals surface area (Å²) in [5, 5.41) is 3.51. The summed E-state index contributed by atoms with van der Waals surface area (Å²) in [7, 11) is 1.46. The Morgan fingerprint density at radius 2 is 2.36 bits per heavy atom. The highest BCUT2D eigenvalue weighted by Gasteiger charge is 2.04. The molecule has 0 saturated carbocycles. The van der Waals surface area contributed by atoms with Gasteiger partial charge in [-0.15, -0.1) is 0 Å². The van der Waals surface area contributed by atoms with Crippen molar-refractivity contribution in [3.05, 3.63) is 27.1 Å². The summed E-state index contributed by atoms with van der Waals surface area (Å²) < 4.78 is 1.06. The van der Waals surface area contributed by atoms with Crippen molar-refractivity contribution in [2.24, 2.45) is 7.05 Å². The Labute approximate surface area is 67.4 Å². The first-order valence-corrected chi connectivity index (χ1v) is 3.21. The zero-order valence-corrected chi connectivity index (χ0v) is 6.50. The molecule has 1 heterocycles. The second-order valence-electron chi connectivity index (χ2n) is 1.96. The Kier molecular flexibility index (Phi) is 2.05. The molecule has 1 aromatic rings. The minimum atomic E-state index is -0.462. The number of carbonyl (C=O) groups is 1. The lowest BCUT2D eigenvalue weighted by molar-refractivity contribution is 0.112. The van der Waals surface area contributed by atoms with E-state index in [2.05, 4.69) is 5.10 Å². The van der Waals surface area contributed by atoms with Gasteiger partial charge in [-0.2, -0.15) is 5.10 Å². The van der Waals surface area contributed by atoms with Crippen LogP contribution in [0.25, 0.3) is 0 Å². The van der Waals surface area contributed by atoms with Crippen molar-refractivity contribution >= 4 is 17.9 Å². The van der Waals surface area contributed by atoms with Gasteiger partial charge in [0.05, 0.1) is 11.8 Å². The van der Waals surface area contributed by atoms with Crippen molar-refractivity contribution < 1.29 is 4.79 Å². The van der Waals surface area contributed by atoms with Crippen LogP contribution in [0.2, 0.25) is 5.02 Å². The molecule has 0 atom stereocenters. The molecule has 1 rings (SSSR count). The van der Waals surface area contributed by atoms with E-state index in [1.807, 2.05) is 0 Å². The number of aldehydes is 1. The summed E-state index contributed by atoms with van der Waals surface area (Å²) in [5.74, 6) is 0. The zero-order valence-electron chi connectivity index (χ0n) is 5.74. The van der Waals surface area contributed by atoms with Crippen LogP contribution in [0.3, 0.4) is 0 Å². The van der Waals surface area contributed by atoms with Gasteiger partial charge < -0.3 is 0 Å². The van der Waals surface area contributed by atoms with Crippen molar-refractivity contribution in [1.29, 1.82) is 0 Å². The second-order valence-corrected chi connectivity index (χ2v) is 2.34. The lowest BCUT2D eigenvalue weighted by Gasteiger charge is -1.96. The Morgan fingerprint density at radius 3 is 2.91 bits per heavy atom. The van der Waals surface area contributed by atoms with E-state index in [-0.39, 0.29) is 10.6 Å². The van der Waals surface area contributed by atoms with Gasteiger partial charge in [-0.05, 0) is 0 Å². The lowest BCUT2D eigenvalue weighted by Crippen LogP contribution is -2.20. The molecule has 0 aliphatic heterocycles. The molecule has 11 heavy (non-hydrogen) atoms. The zero-order chi connectivity index (χ0) is 8.43. The standard InChI is InChI=1S/C6H5ClN2O2/c1-9-6(11)5(7)4(3-10)2-8-9/h2-3H,1H3. The van der Waals surface area contributed by atoms with Crippen LogP contribution in [0.15, 0.2) is 11.0 Å². The number of hydrogen-bond acceptors (Lipinski definition) is 3. The molecule has 58 valence electrons. The summed E-state index contributed by atoms with van der Waals surface area (Å²) >= 11 is 5.49. The molecule has 0 aromatic carbocycles. The van der Waals surface area contributed by atoms with Gasteiger partial charge in [0.15, 0.2) is 6.29 Å². The summed E-state index contributed by atoms with van der Waals surface area (Å²) in [4.78, 5) is 21.2. The maximum atomic E-state index is 11.0.